The number of ether oxygens (including phenoxy) is 1. The van der Waals surface area contributed by atoms with Crippen molar-refractivity contribution in [3.05, 3.63) is 29.8 Å². The third-order valence-electron chi connectivity index (χ3n) is 3.74. The Kier molecular flexibility index (Phi) is 5.42. The number of carbonyl (C=O) groups excluding carboxylic acids is 1. The summed E-state index contributed by atoms with van der Waals surface area (Å²) >= 11 is 0. The first kappa shape index (κ1) is 18.2. The number of carbonyl (C=O) groups is 1. The molecule has 0 heterocycles. The summed E-state index contributed by atoms with van der Waals surface area (Å²) in [6.07, 6.45) is -8.40. The Balaban J connectivity index is 2.05. The molecule has 1 saturated carbocycles. The molecule has 7 N–H and O–H groups in total. The molecule has 132 valence electrons. The van der Waals surface area contributed by atoms with Gasteiger partial charge in [0.15, 0.2) is 17.6 Å². The maximum atomic E-state index is 11.8. The number of aliphatic hydroxyl groups is 5. The number of aliphatic hydroxyl groups excluding tert-OH is 5. The number of hydrogen-bond acceptors (Lipinski definition) is 9. The molecule has 0 aliphatic heterocycles. The van der Waals surface area contributed by atoms with Gasteiger partial charge in [-0.1, -0.05) is 6.07 Å². The molecule has 0 spiro atoms. The first-order chi connectivity index (χ1) is 11.2. The van der Waals surface area contributed by atoms with Crippen LogP contribution in [0.15, 0.2) is 24.3 Å². The van der Waals surface area contributed by atoms with Crippen molar-refractivity contribution in [1.82, 2.24) is 0 Å². The smallest absolute Gasteiger partial charge is 0.331 e. The third-order valence-corrected chi connectivity index (χ3v) is 3.74. The van der Waals surface area contributed by atoms with Crippen LogP contribution in [0, 0.1) is 0 Å². The lowest BCUT2D eigenvalue weighted by Crippen LogP contribution is -2.64. The molecule has 0 bridgehead atoms. The van der Waals surface area contributed by atoms with Crippen molar-refractivity contribution in [2.75, 3.05) is 0 Å². The summed E-state index contributed by atoms with van der Waals surface area (Å²) in [6, 6.07) is 3.81. The highest BCUT2D eigenvalue weighted by molar-refractivity contribution is 5.87. The van der Waals surface area contributed by atoms with E-state index in [2.05, 4.69) is 0 Å². The van der Waals surface area contributed by atoms with Crippen molar-refractivity contribution in [3.8, 4) is 11.5 Å². The number of phenols is 2. The molecule has 2 unspecified atom stereocenters. The Bertz CT molecular complexity index is 613. The molecule has 0 aromatic heterocycles. The lowest BCUT2D eigenvalue weighted by Gasteiger charge is -2.40. The molecule has 9 heteroatoms. The number of benzene rings is 1. The van der Waals surface area contributed by atoms with Crippen LogP contribution in [0.4, 0.5) is 0 Å². The number of aromatic hydroxyl groups is 2. The molecule has 1 fully saturated rings. The van der Waals surface area contributed by atoms with Gasteiger partial charge in [0.25, 0.3) is 0 Å². The molecule has 1 aromatic carbocycles. The van der Waals surface area contributed by atoms with Crippen molar-refractivity contribution in [3.63, 3.8) is 0 Å². The zero-order chi connectivity index (χ0) is 18.0. The lowest BCUT2D eigenvalue weighted by molar-refractivity contribution is -0.231. The fraction of sp³-hybridized carbons (Fsp3) is 0.400. The molecule has 1 aliphatic carbocycles. The van der Waals surface area contributed by atoms with Gasteiger partial charge in [0.05, 0.1) is 0 Å². The van der Waals surface area contributed by atoms with Crippen LogP contribution in [-0.4, -0.2) is 78.3 Å². The maximum Gasteiger partial charge on any atom is 0.331 e. The Labute approximate surface area is 136 Å². The molecular weight excluding hydrogens is 324 g/mol. The fourth-order valence-corrected chi connectivity index (χ4v) is 2.32. The van der Waals surface area contributed by atoms with E-state index in [4.69, 9.17) is 4.74 Å². The van der Waals surface area contributed by atoms with Gasteiger partial charge in [0, 0.05) is 6.08 Å². The molecule has 0 radical (unpaired) electrons. The van der Waals surface area contributed by atoms with Crippen LogP contribution in [-0.2, 0) is 9.53 Å². The van der Waals surface area contributed by atoms with Gasteiger partial charge >= 0.3 is 5.97 Å². The largest absolute Gasteiger partial charge is 0.504 e. The molecule has 9 nitrogen and oxygen atoms in total. The molecule has 6 atom stereocenters. The topological polar surface area (TPSA) is 168 Å². The first-order valence-electron chi connectivity index (χ1n) is 7.03. The minimum absolute atomic E-state index is 0.329. The van der Waals surface area contributed by atoms with Gasteiger partial charge in [-0.05, 0) is 23.8 Å². The predicted octanol–water partition coefficient (Wildman–Crippen LogP) is -2.16. The highest BCUT2D eigenvalue weighted by Crippen LogP contribution is 2.26. The summed E-state index contributed by atoms with van der Waals surface area (Å²) in [5.74, 6) is -1.71. The zero-order valence-electron chi connectivity index (χ0n) is 12.3. The molecule has 2 rings (SSSR count). The van der Waals surface area contributed by atoms with Gasteiger partial charge < -0.3 is 40.5 Å². The van der Waals surface area contributed by atoms with Gasteiger partial charge in [0.2, 0.25) is 0 Å². The van der Waals surface area contributed by atoms with Crippen LogP contribution in [0.2, 0.25) is 0 Å². The van der Waals surface area contributed by atoms with Crippen LogP contribution in [0.5, 0.6) is 11.5 Å². The van der Waals surface area contributed by atoms with Crippen molar-refractivity contribution < 1.29 is 45.3 Å². The van der Waals surface area contributed by atoms with Gasteiger partial charge in [-0.15, -0.1) is 0 Å². The normalized spacial score (nSPS) is 33.5. The molecular formula is C15H18O9. The average molecular weight is 342 g/mol. The summed E-state index contributed by atoms with van der Waals surface area (Å²) in [5, 5.41) is 66.5. The minimum atomic E-state index is -1.79. The predicted molar refractivity (Wildman–Crippen MR) is 78.7 cm³/mol. The van der Waals surface area contributed by atoms with Crippen molar-refractivity contribution in [1.29, 1.82) is 0 Å². The summed E-state index contributed by atoms with van der Waals surface area (Å²) in [6.45, 7) is 0. The third kappa shape index (κ3) is 3.66. The van der Waals surface area contributed by atoms with E-state index in [1.165, 1.54) is 24.3 Å². The minimum Gasteiger partial charge on any atom is -0.504 e. The van der Waals surface area contributed by atoms with Crippen LogP contribution >= 0.6 is 0 Å². The van der Waals surface area contributed by atoms with E-state index >= 15 is 0 Å². The van der Waals surface area contributed by atoms with Crippen LogP contribution in [0.25, 0.3) is 6.08 Å². The Morgan fingerprint density at radius 2 is 1.42 bits per heavy atom. The highest BCUT2D eigenvalue weighted by atomic mass is 16.6. The van der Waals surface area contributed by atoms with Crippen LogP contribution < -0.4 is 0 Å². The molecule has 24 heavy (non-hydrogen) atoms. The maximum absolute atomic E-state index is 11.8. The second-order valence-electron chi connectivity index (χ2n) is 5.44. The zero-order valence-corrected chi connectivity index (χ0v) is 12.3. The first-order valence-corrected chi connectivity index (χ1v) is 7.03. The van der Waals surface area contributed by atoms with E-state index in [0.29, 0.717) is 5.56 Å². The molecule has 1 aliphatic rings. The molecule has 1 aromatic rings. The number of hydrogen-bond donors (Lipinski definition) is 7. The Hall–Kier alpha value is -2.17. The summed E-state index contributed by atoms with van der Waals surface area (Å²) in [4.78, 5) is 11.8. The standard InChI is InChI=1S/C15H18O9/c16-7-3-1-6(5-8(7)17)2-4-9(18)24-15-13(22)11(20)10(19)12(21)14(15)23/h1-5,10-17,19-23H/t10?,11-,12+,13+,14-,15?. The van der Waals surface area contributed by atoms with E-state index in [9.17, 15) is 40.5 Å². The molecule has 0 amide bonds. The van der Waals surface area contributed by atoms with Gasteiger partial charge in [0.1, 0.15) is 30.5 Å². The lowest BCUT2D eigenvalue weighted by atomic mass is 9.85. The van der Waals surface area contributed by atoms with Crippen molar-refractivity contribution >= 4 is 12.0 Å². The number of esters is 1. The van der Waals surface area contributed by atoms with E-state index in [1.807, 2.05) is 0 Å². The Morgan fingerprint density at radius 3 is 1.96 bits per heavy atom. The van der Waals surface area contributed by atoms with Gasteiger partial charge in [-0.25, -0.2) is 4.79 Å². The van der Waals surface area contributed by atoms with E-state index < -0.39 is 42.6 Å². The SMILES string of the molecule is O=C(C=Cc1ccc(O)c(O)c1)OC1[C@@H](O)[C@H](O)C(O)[C@H](O)[C@H]1O. The van der Waals surface area contributed by atoms with Crippen molar-refractivity contribution in [2.45, 2.75) is 36.6 Å². The second-order valence-corrected chi connectivity index (χ2v) is 5.44. The van der Waals surface area contributed by atoms with Gasteiger partial charge in [-0.2, -0.15) is 0 Å². The van der Waals surface area contributed by atoms with Crippen LogP contribution in [0.3, 0.4) is 0 Å². The highest BCUT2D eigenvalue weighted by Gasteiger charge is 2.50. The van der Waals surface area contributed by atoms with Crippen LogP contribution in [0.1, 0.15) is 5.56 Å². The number of phenolic OH excluding ortho intramolecular Hbond substituents is 2. The van der Waals surface area contributed by atoms with E-state index in [-0.39, 0.29) is 11.5 Å². The number of rotatable bonds is 3. The molecule has 0 saturated heterocycles. The second kappa shape index (κ2) is 7.16. The van der Waals surface area contributed by atoms with Crippen molar-refractivity contribution in [2.24, 2.45) is 0 Å². The summed E-state index contributed by atoms with van der Waals surface area (Å²) in [5.41, 5.74) is 0.363. The summed E-state index contributed by atoms with van der Waals surface area (Å²) < 4.78 is 4.81. The quantitative estimate of drug-likeness (QED) is 0.184. The van der Waals surface area contributed by atoms with E-state index in [0.717, 1.165) is 6.08 Å². The summed E-state index contributed by atoms with van der Waals surface area (Å²) in [7, 11) is 0. The Morgan fingerprint density at radius 1 is 0.875 bits per heavy atom. The average Bonchev–Trinajstić information content (AvgIpc) is 2.56. The monoisotopic (exact) mass is 342 g/mol. The fourth-order valence-electron chi connectivity index (χ4n) is 2.32. The van der Waals surface area contributed by atoms with Gasteiger partial charge in [-0.3, -0.25) is 0 Å². The van der Waals surface area contributed by atoms with E-state index in [1.54, 1.807) is 0 Å².